The van der Waals surface area contributed by atoms with E-state index in [4.69, 9.17) is 12.2 Å². The molecule has 0 fully saturated rings. The molecule has 1 aliphatic carbocycles. The highest BCUT2D eigenvalue weighted by Gasteiger charge is 2.08. The maximum absolute atomic E-state index is 5.16. The van der Waals surface area contributed by atoms with Crippen molar-refractivity contribution in [1.82, 2.24) is 0 Å². The van der Waals surface area contributed by atoms with E-state index in [0.29, 0.717) is 0 Å². The standard InChI is InChI=1S/C13H12S/c1-10-9-12(14)7-8-13(10)11-5-3-2-4-6-11/h2-6,8-9H,7H2,1H3. The Balaban J connectivity index is 2.38. The molecule has 70 valence electrons. The summed E-state index contributed by atoms with van der Waals surface area (Å²) in [4.78, 5) is 1.03. The smallest absolute Gasteiger partial charge is 0.0193 e. The fourth-order valence-electron chi connectivity index (χ4n) is 1.71. The minimum absolute atomic E-state index is 0.900. The lowest BCUT2D eigenvalue weighted by molar-refractivity contribution is 1.40. The molecule has 0 radical (unpaired) electrons. The first-order valence-electron chi connectivity index (χ1n) is 4.74. The maximum atomic E-state index is 5.16. The highest BCUT2D eigenvalue weighted by molar-refractivity contribution is 7.80. The summed E-state index contributed by atoms with van der Waals surface area (Å²) >= 11 is 5.16. The van der Waals surface area contributed by atoms with Gasteiger partial charge in [0, 0.05) is 11.3 Å². The predicted octanol–water partition coefficient (Wildman–Crippen LogP) is 3.79. The number of rotatable bonds is 1. The lowest BCUT2D eigenvalue weighted by Crippen LogP contribution is -1.98. The van der Waals surface area contributed by atoms with Crippen molar-refractivity contribution in [1.29, 1.82) is 0 Å². The number of allylic oxidation sites excluding steroid dienone is 4. The van der Waals surface area contributed by atoms with Gasteiger partial charge in [0.1, 0.15) is 0 Å². The Morgan fingerprint density at radius 2 is 1.86 bits per heavy atom. The van der Waals surface area contributed by atoms with Gasteiger partial charge in [0.05, 0.1) is 0 Å². The van der Waals surface area contributed by atoms with Crippen LogP contribution in [-0.2, 0) is 0 Å². The largest absolute Gasteiger partial charge is 0.0846 e. The van der Waals surface area contributed by atoms with Crippen LogP contribution < -0.4 is 0 Å². The van der Waals surface area contributed by atoms with Crippen LogP contribution in [0.5, 0.6) is 0 Å². The fourth-order valence-corrected chi connectivity index (χ4v) is 1.97. The lowest BCUT2D eigenvalue weighted by Gasteiger charge is -2.13. The summed E-state index contributed by atoms with van der Waals surface area (Å²) in [5.74, 6) is 0. The molecule has 0 spiro atoms. The summed E-state index contributed by atoms with van der Waals surface area (Å²) in [7, 11) is 0. The van der Waals surface area contributed by atoms with E-state index in [1.54, 1.807) is 0 Å². The van der Waals surface area contributed by atoms with Gasteiger partial charge in [0.2, 0.25) is 0 Å². The Hall–Kier alpha value is -1.21. The van der Waals surface area contributed by atoms with E-state index < -0.39 is 0 Å². The van der Waals surface area contributed by atoms with Crippen molar-refractivity contribution in [3.05, 3.63) is 53.6 Å². The van der Waals surface area contributed by atoms with Crippen molar-refractivity contribution in [2.75, 3.05) is 0 Å². The van der Waals surface area contributed by atoms with Crippen LogP contribution in [0.25, 0.3) is 5.57 Å². The van der Waals surface area contributed by atoms with E-state index in [0.717, 1.165) is 11.3 Å². The molecule has 0 saturated carbocycles. The molecule has 1 aliphatic rings. The van der Waals surface area contributed by atoms with E-state index in [9.17, 15) is 0 Å². The molecule has 1 aromatic rings. The second-order valence-electron chi connectivity index (χ2n) is 3.48. The van der Waals surface area contributed by atoms with Gasteiger partial charge in [-0.3, -0.25) is 0 Å². The molecule has 0 heterocycles. The van der Waals surface area contributed by atoms with Crippen LogP contribution in [-0.4, -0.2) is 4.86 Å². The van der Waals surface area contributed by atoms with Gasteiger partial charge in [-0.05, 0) is 29.7 Å². The molecule has 0 unspecified atom stereocenters. The lowest BCUT2D eigenvalue weighted by atomic mass is 9.93. The topological polar surface area (TPSA) is 0 Å². The Kier molecular flexibility index (Phi) is 2.60. The first-order chi connectivity index (χ1) is 6.77. The van der Waals surface area contributed by atoms with E-state index >= 15 is 0 Å². The van der Waals surface area contributed by atoms with E-state index in [1.807, 2.05) is 6.07 Å². The fraction of sp³-hybridized carbons (Fsp3) is 0.154. The molecule has 0 aliphatic heterocycles. The summed E-state index contributed by atoms with van der Waals surface area (Å²) in [6.07, 6.45) is 5.21. The molecule has 1 heteroatoms. The summed E-state index contributed by atoms with van der Waals surface area (Å²) in [6, 6.07) is 10.4. The first-order valence-corrected chi connectivity index (χ1v) is 5.15. The zero-order chi connectivity index (χ0) is 9.97. The van der Waals surface area contributed by atoms with Crippen LogP contribution in [0.15, 0.2) is 48.1 Å². The number of benzene rings is 1. The molecule has 0 amide bonds. The van der Waals surface area contributed by atoms with Gasteiger partial charge in [0.25, 0.3) is 0 Å². The second-order valence-corrected chi connectivity index (χ2v) is 4.01. The summed E-state index contributed by atoms with van der Waals surface area (Å²) in [5.41, 5.74) is 3.87. The molecule has 0 saturated heterocycles. The molecule has 0 N–H and O–H groups in total. The second kappa shape index (κ2) is 3.89. The van der Waals surface area contributed by atoms with E-state index in [2.05, 4.69) is 43.3 Å². The minimum Gasteiger partial charge on any atom is -0.0846 e. The van der Waals surface area contributed by atoms with Crippen molar-refractivity contribution in [3.63, 3.8) is 0 Å². The van der Waals surface area contributed by atoms with Gasteiger partial charge in [-0.1, -0.05) is 48.6 Å². The average Bonchev–Trinajstić information content (AvgIpc) is 2.19. The average molecular weight is 200 g/mol. The molecule has 0 bridgehead atoms. The van der Waals surface area contributed by atoms with Gasteiger partial charge in [0.15, 0.2) is 0 Å². The van der Waals surface area contributed by atoms with Crippen molar-refractivity contribution >= 4 is 22.7 Å². The third-order valence-corrected chi connectivity index (χ3v) is 2.68. The van der Waals surface area contributed by atoms with Gasteiger partial charge in [-0.15, -0.1) is 0 Å². The van der Waals surface area contributed by atoms with Crippen LogP contribution in [0.4, 0.5) is 0 Å². The zero-order valence-electron chi connectivity index (χ0n) is 8.16. The monoisotopic (exact) mass is 200 g/mol. The Morgan fingerprint density at radius 1 is 1.14 bits per heavy atom. The van der Waals surface area contributed by atoms with Gasteiger partial charge < -0.3 is 0 Å². The Morgan fingerprint density at radius 3 is 2.50 bits per heavy atom. The van der Waals surface area contributed by atoms with E-state index in [1.165, 1.54) is 16.7 Å². The molecule has 2 rings (SSSR count). The van der Waals surface area contributed by atoms with Crippen molar-refractivity contribution in [2.45, 2.75) is 13.3 Å². The highest BCUT2D eigenvalue weighted by atomic mass is 32.1. The molecular formula is C13H12S. The van der Waals surface area contributed by atoms with Crippen LogP contribution in [0.3, 0.4) is 0 Å². The third kappa shape index (κ3) is 1.83. The first kappa shape index (κ1) is 9.35. The molecule has 0 aromatic heterocycles. The Bertz CT molecular complexity index is 410. The van der Waals surface area contributed by atoms with Gasteiger partial charge in [-0.25, -0.2) is 0 Å². The normalized spacial score (nSPS) is 16.2. The maximum Gasteiger partial charge on any atom is 0.0193 e. The molecule has 0 nitrogen and oxygen atoms in total. The van der Waals surface area contributed by atoms with Gasteiger partial charge in [-0.2, -0.15) is 0 Å². The van der Waals surface area contributed by atoms with Crippen molar-refractivity contribution in [2.24, 2.45) is 0 Å². The number of hydrogen-bond donors (Lipinski definition) is 0. The summed E-state index contributed by atoms with van der Waals surface area (Å²) in [6.45, 7) is 2.12. The SMILES string of the molecule is CC1=CC(=S)CC=C1c1ccccc1. The molecule has 14 heavy (non-hydrogen) atoms. The van der Waals surface area contributed by atoms with Crippen LogP contribution in [0, 0.1) is 0 Å². The molecule has 1 aromatic carbocycles. The van der Waals surface area contributed by atoms with Crippen LogP contribution in [0.1, 0.15) is 18.9 Å². The van der Waals surface area contributed by atoms with Crippen LogP contribution >= 0.6 is 12.2 Å². The molecular weight excluding hydrogens is 188 g/mol. The van der Waals surface area contributed by atoms with Crippen molar-refractivity contribution < 1.29 is 0 Å². The molecule has 0 atom stereocenters. The van der Waals surface area contributed by atoms with E-state index in [-0.39, 0.29) is 0 Å². The van der Waals surface area contributed by atoms with Crippen LogP contribution in [0.2, 0.25) is 0 Å². The quantitative estimate of drug-likeness (QED) is 0.621. The number of hydrogen-bond acceptors (Lipinski definition) is 1. The number of thiocarbonyl (C=S) groups is 1. The third-order valence-electron chi connectivity index (χ3n) is 2.39. The zero-order valence-corrected chi connectivity index (χ0v) is 8.97. The van der Waals surface area contributed by atoms with Gasteiger partial charge >= 0.3 is 0 Å². The summed E-state index contributed by atoms with van der Waals surface area (Å²) < 4.78 is 0. The van der Waals surface area contributed by atoms with Crippen molar-refractivity contribution in [3.8, 4) is 0 Å². The highest BCUT2D eigenvalue weighted by Crippen LogP contribution is 2.26. The minimum atomic E-state index is 0.900. The summed E-state index contributed by atoms with van der Waals surface area (Å²) in [5, 5.41) is 0. The Labute approximate surface area is 90.0 Å². The predicted molar refractivity (Wildman–Crippen MR) is 65.4 cm³/mol.